The van der Waals surface area contributed by atoms with E-state index in [-0.39, 0.29) is 0 Å². The van der Waals surface area contributed by atoms with Crippen LogP contribution in [-0.4, -0.2) is 50.3 Å². The molecule has 0 saturated heterocycles. The van der Waals surface area contributed by atoms with E-state index in [1.807, 2.05) is 62.6 Å². The smallest absolute Gasteiger partial charge is 0.195 e. The maximum Gasteiger partial charge on any atom is 0.195 e. The number of rotatable bonds is 6. The van der Waals surface area contributed by atoms with Crippen molar-refractivity contribution in [2.45, 2.75) is 119 Å². The highest BCUT2D eigenvalue weighted by Gasteiger charge is 2.06. The van der Waals surface area contributed by atoms with E-state index in [1.165, 1.54) is 17.3 Å². The van der Waals surface area contributed by atoms with Crippen LogP contribution < -0.4 is 4.73 Å². The predicted molar refractivity (Wildman–Crippen MR) is 220 cm³/mol. The highest BCUT2D eigenvalue weighted by atomic mass is 16.5. The van der Waals surface area contributed by atoms with Crippen molar-refractivity contribution in [3.63, 3.8) is 0 Å². The predicted octanol–water partition coefficient (Wildman–Crippen LogP) is 9.44. The molecule has 0 amide bonds. The van der Waals surface area contributed by atoms with Crippen LogP contribution >= 0.6 is 0 Å². The lowest BCUT2D eigenvalue weighted by atomic mass is 10.1. The van der Waals surface area contributed by atoms with Crippen molar-refractivity contribution in [3.05, 3.63) is 156 Å². The van der Waals surface area contributed by atoms with Crippen LogP contribution in [0.25, 0.3) is 0 Å². The molecule has 0 aliphatic carbocycles. The second-order valence-electron chi connectivity index (χ2n) is 14.1. The van der Waals surface area contributed by atoms with Gasteiger partial charge in [0, 0.05) is 73.3 Å². The molecular formula is C43H61N11O. The number of nitrogens with zero attached hydrogens (tertiary/aromatic N) is 11. The van der Waals surface area contributed by atoms with Crippen LogP contribution in [0.2, 0.25) is 0 Å². The Morgan fingerprint density at radius 2 is 1.11 bits per heavy atom. The third-order valence-corrected chi connectivity index (χ3v) is 7.52. The van der Waals surface area contributed by atoms with Gasteiger partial charge in [-0.05, 0) is 65.0 Å². The Bertz CT molecular complexity index is 1510. The summed E-state index contributed by atoms with van der Waals surface area (Å²) in [5, 5.41) is 26.1. The first-order chi connectivity index (χ1) is 26.2. The third kappa shape index (κ3) is 21.6. The van der Waals surface area contributed by atoms with E-state index in [9.17, 15) is 5.21 Å². The Morgan fingerprint density at radius 3 is 1.45 bits per heavy atom. The molecule has 0 bridgehead atoms. The molecule has 6 rings (SSSR count). The second-order valence-corrected chi connectivity index (χ2v) is 14.1. The van der Waals surface area contributed by atoms with Crippen molar-refractivity contribution >= 4 is 0 Å². The lowest BCUT2D eigenvalue weighted by molar-refractivity contribution is -0.615. The topological polar surface area (TPSA) is 156 Å². The Hall–Kier alpha value is -5.65. The summed E-state index contributed by atoms with van der Waals surface area (Å²) in [6, 6.07) is 13.3. The van der Waals surface area contributed by atoms with Crippen molar-refractivity contribution in [1.82, 2.24) is 50.3 Å². The Morgan fingerprint density at radius 1 is 0.436 bits per heavy atom. The highest BCUT2D eigenvalue weighted by molar-refractivity contribution is 5.10. The Labute approximate surface area is 329 Å². The summed E-state index contributed by atoms with van der Waals surface area (Å²) < 4.78 is 0.907. The van der Waals surface area contributed by atoms with Crippen LogP contribution in [0.5, 0.6) is 0 Å². The van der Waals surface area contributed by atoms with Gasteiger partial charge in [-0.25, -0.2) is 19.9 Å². The summed E-state index contributed by atoms with van der Waals surface area (Å²) in [4.78, 5) is 23.7. The fourth-order valence-electron chi connectivity index (χ4n) is 4.01. The molecule has 0 aromatic carbocycles. The minimum atomic E-state index is 0.304. The zero-order valence-corrected chi connectivity index (χ0v) is 34.8. The van der Waals surface area contributed by atoms with Gasteiger partial charge in [-0.15, -0.1) is 0 Å². The summed E-state index contributed by atoms with van der Waals surface area (Å²) in [5.74, 6) is 2.87. The van der Waals surface area contributed by atoms with Gasteiger partial charge >= 0.3 is 0 Å². The molecule has 12 nitrogen and oxygen atoms in total. The first kappa shape index (κ1) is 47.4. The van der Waals surface area contributed by atoms with Crippen LogP contribution in [0.4, 0.5) is 0 Å². The van der Waals surface area contributed by atoms with E-state index in [0.717, 1.165) is 27.5 Å². The quantitative estimate of drug-likeness (QED) is 0.118. The summed E-state index contributed by atoms with van der Waals surface area (Å²) >= 11 is 0. The summed E-state index contributed by atoms with van der Waals surface area (Å²) in [7, 11) is 0. The molecule has 6 aromatic rings. The van der Waals surface area contributed by atoms with Gasteiger partial charge in [0.05, 0.1) is 17.6 Å². The lowest BCUT2D eigenvalue weighted by Gasteiger charge is -2.04. The minimum absolute atomic E-state index is 0.304. The molecule has 0 N–H and O–H groups in total. The molecule has 0 aliphatic heterocycles. The standard InChI is InChI=1S/C8H11NO.5C7H10N2/c1-7(2)8-5-3-4-6-9(8)10;1-6(2)7-3-8-5-9-4-7;1-6(2)7-5-8-3-4-9-7;1-6(2)7-3-4-8-5-9-7;1-6(2)7-3-4-8-9-5-7;1-6(2)7-4-3-5-8-9-7/h3-7H,1-2H3;5*3-6H,1-2H3. The highest BCUT2D eigenvalue weighted by Crippen LogP contribution is 2.11. The molecule has 0 aliphatic rings. The van der Waals surface area contributed by atoms with Crippen molar-refractivity contribution < 1.29 is 4.73 Å². The molecule has 0 fully saturated rings. The molecular weight excluding hydrogens is 687 g/mol. The molecule has 0 radical (unpaired) electrons. The van der Waals surface area contributed by atoms with Gasteiger partial charge in [0.25, 0.3) is 0 Å². The summed E-state index contributed by atoms with van der Waals surface area (Å²) in [5.41, 5.74) is 6.46. The number of pyridine rings is 1. The number of hydrogen-bond donors (Lipinski definition) is 0. The van der Waals surface area contributed by atoms with Crippen LogP contribution in [0.1, 0.15) is 152 Å². The largest absolute Gasteiger partial charge is 0.618 e. The first-order valence-electron chi connectivity index (χ1n) is 18.7. The fourth-order valence-corrected chi connectivity index (χ4v) is 4.01. The van der Waals surface area contributed by atoms with Gasteiger partial charge in [0.2, 0.25) is 0 Å². The maximum absolute atomic E-state index is 11.0. The molecule has 0 saturated carbocycles. The Kier molecular flexibility index (Phi) is 24.0. The first-order valence-corrected chi connectivity index (χ1v) is 18.7. The molecule has 0 atom stereocenters. The van der Waals surface area contributed by atoms with E-state index >= 15 is 0 Å². The van der Waals surface area contributed by atoms with E-state index in [2.05, 4.69) is 120 Å². The lowest BCUT2D eigenvalue weighted by Crippen LogP contribution is -2.31. The molecule has 0 unspecified atom stereocenters. The van der Waals surface area contributed by atoms with E-state index in [0.29, 0.717) is 35.5 Å². The van der Waals surface area contributed by atoms with E-state index in [1.54, 1.807) is 62.1 Å². The van der Waals surface area contributed by atoms with Crippen LogP contribution in [0, 0.1) is 5.21 Å². The molecule has 6 heterocycles. The zero-order chi connectivity index (χ0) is 41.0. The van der Waals surface area contributed by atoms with Gasteiger partial charge in [-0.3, -0.25) is 9.97 Å². The van der Waals surface area contributed by atoms with Crippen LogP contribution in [0.15, 0.2) is 117 Å². The normalized spacial score (nSPS) is 10.1. The van der Waals surface area contributed by atoms with Crippen molar-refractivity contribution in [1.29, 1.82) is 0 Å². The Balaban J connectivity index is 0.000000330. The van der Waals surface area contributed by atoms with Crippen molar-refractivity contribution in [3.8, 4) is 0 Å². The molecule has 6 aromatic heterocycles. The van der Waals surface area contributed by atoms with Crippen LogP contribution in [0.3, 0.4) is 0 Å². The van der Waals surface area contributed by atoms with E-state index in [4.69, 9.17) is 0 Å². The summed E-state index contributed by atoms with van der Waals surface area (Å²) in [6.45, 7) is 25.2. The monoisotopic (exact) mass is 748 g/mol. The van der Waals surface area contributed by atoms with Gasteiger partial charge < -0.3 is 5.21 Å². The minimum Gasteiger partial charge on any atom is -0.618 e. The maximum atomic E-state index is 11.0. The third-order valence-electron chi connectivity index (χ3n) is 7.52. The second kappa shape index (κ2) is 27.9. The number of hydrogen-bond acceptors (Lipinski definition) is 11. The fraction of sp³-hybridized carbons (Fsp3) is 0.419. The van der Waals surface area contributed by atoms with Gasteiger partial charge in [0.15, 0.2) is 11.9 Å². The average molecular weight is 748 g/mol. The SMILES string of the molecule is CC(C)c1cccc[n+]1[O-].CC(C)c1cccnn1.CC(C)c1ccncn1.CC(C)c1ccnnc1.CC(C)c1cnccn1.CC(C)c1cncnc1. The van der Waals surface area contributed by atoms with Gasteiger partial charge in [0.1, 0.15) is 12.7 Å². The van der Waals surface area contributed by atoms with Gasteiger partial charge in [-0.1, -0.05) is 89.2 Å². The molecule has 55 heavy (non-hydrogen) atoms. The van der Waals surface area contributed by atoms with Crippen LogP contribution in [-0.2, 0) is 0 Å². The number of aromatic nitrogens is 11. The molecule has 0 spiro atoms. The van der Waals surface area contributed by atoms with Gasteiger partial charge in [-0.2, -0.15) is 25.1 Å². The molecule has 294 valence electrons. The van der Waals surface area contributed by atoms with E-state index < -0.39 is 0 Å². The van der Waals surface area contributed by atoms with Crippen molar-refractivity contribution in [2.24, 2.45) is 0 Å². The van der Waals surface area contributed by atoms with Crippen molar-refractivity contribution in [2.75, 3.05) is 0 Å². The zero-order valence-electron chi connectivity index (χ0n) is 34.8. The summed E-state index contributed by atoms with van der Waals surface area (Å²) in [6.07, 6.45) is 20.5. The molecule has 12 heteroatoms. The average Bonchev–Trinajstić information content (AvgIpc) is 3.21.